The molecule has 1 heterocycles. The number of carbonyl (C=O) groups is 1. The van der Waals surface area contributed by atoms with Gasteiger partial charge in [-0.2, -0.15) is 0 Å². The van der Waals surface area contributed by atoms with E-state index in [1.165, 1.54) is 30.2 Å². The highest BCUT2D eigenvalue weighted by Crippen LogP contribution is 2.19. The fourth-order valence-electron chi connectivity index (χ4n) is 1.47. The van der Waals surface area contributed by atoms with Gasteiger partial charge in [-0.25, -0.2) is 14.4 Å². The molecule has 0 aliphatic heterocycles. The Morgan fingerprint density at radius 1 is 1.30 bits per heavy atom. The second-order valence-electron chi connectivity index (χ2n) is 3.90. The zero-order valence-electron chi connectivity index (χ0n) is 10.5. The van der Waals surface area contributed by atoms with Crippen molar-refractivity contribution in [3.63, 3.8) is 0 Å². The number of carbonyl (C=O) groups excluding carboxylic acids is 1. The molecular weight excluding hydrogens is 279 g/mol. The van der Waals surface area contributed by atoms with Crippen LogP contribution in [0.4, 0.5) is 10.2 Å². The normalized spacial score (nSPS) is 10.2. The quantitative estimate of drug-likeness (QED) is 0.818. The first-order chi connectivity index (χ1) is 9.66. The molecule has 0 unspecified atom stereocenters. The van der Waals surface area contributed by atoms with Gasteiger partial charge in [0.2, 0.25) is 5.91 Å². The Balaban J connectivity index is 1.82. The fourth-order valence-corrected chi connectivity index (χ4v) is 2.17. The van der Waals surface area contributed by atoms with Crippen LogP contribution in [0.25, 0.3) is 0 Å². The molecule has 0 aliphatic rings. The average Bonchev–Trinajstić information content (AvgIpc) is 2.45. The molecule has 0 fully saturated rings. The number of nitrogens with zero attached hydrogens (tertiary/aromatic N) is 2. The lowest BCUT2D eigenvalue weighted by molar-refractivity contribution is -0.118. The van der Waals surface area contributed by atoms with Crippen molar-refractivity contribution in [1.29, 1.82) is 0 Å². The highest BCUT2D eigenvalue weighted by Gasteiger charge is 2.08. The number of aromatic nitrogens is 2. The molecule has 2 rings (SSSR count). The molecule has 0 atom stereocenters. The van der Waals surface area contributed by atoms with Crippen LogP contribution in [0, 0.1) is 5.82 Å². The number of amides is 1. The zero-order valence-corrected chi connectivity index (χ0v) is 11.4. The van der Waals surface area contributed by atoms with Crippen LogP contribution < -0.4 is 11.1 Å². The van der Waals surface area contributed by atoms with Gasteiger partial charge in [0.15, 0.2) is 5.82 Å². The lowest BCUT2D eigenvalue weighted by Crippen LogP contribution is -2.25. The van der Waals surface area contributed by atoms with Crippen LogP contribution in [0.2, 0.25) is 0 Å². The molecule has 0 aliphatic carbocycles. The van der Waals surface area contributed by atoms with Crippen molar-refractivity contribution in [2.45, 2.75) is 11.6 Å². The Morgan fingerprint density at radius 2 is 2.05 bits per heavy atom. The number of halogens is 1. The first-order valence-corrected chi connectivity index (χ1v) is 6.85. The summed E-state index contributed by atoms with van der Waals surface area (Å²) in [4.78, 5) is 19.6. The van der Waals surface area contributed by atoms with E-state index in [2.05, 4.69) is 15.3 Å². The van der Waals surface area contributed by atoms with Crippen LogP contribution in [-0.2, 0) is 11.3 Å². The van der Waals surface area contributed by atoms with E-state index >= 15 is 0 Å². The monoisotopic (exact) mass is 292 g/mol. The van der Waals surface area contributed by atoms with Crippen LogP contribution in [0.5, 0.6) is 0 Å². The second-order valence-corrected chi connectivity index (χ2v) is 4.87. The third kappa shape index (κ3) is 3.92. The molecule has 7 heteroatoms. The second kappa shape index (κ2) is 6.85. The molecule has 0 saturated carbocycles. The van der Waals surface area contributed by atoms with Gasteiger partial charge in [-0.3, -0.25) is 4.79 Å². The molecule has 5 nitrogen and oxygen atoms in total. The molecule has 0 saturated heterocycles. The summed E-state index contributed by atoms with van der Waals surface area (Å²) in [5, 5.41) is 3.15. The van der Waals surface area contributed by atoms with Crippen LogP contribution in [0.15, 0.2) is 41.7 Å². The molecule has 0 spiro atoms. The number of anilines is 1. The Morgan fingerprint density at radius 3 is 2.80 bits per heavy atom. The van der Waals surface area contributed by atoms with E-state index in [-0.39, 0.29) is 24.0 Å². The van der Waals surface area contributed by atoms with Gasteiger partial charge < -0.3 is 11.1 Å². The van der Waals surface area contributed by atoms with E-state index < -0.39 is 0 Å². The van der Waals surface area contributed by atoms with Crippen molar-refractivity contribution in [2.75, 3.05) is 11.5 Å². The summed E-state index contributed by atoms with van der Waals surface area (Å²) in [5.74, 6) is -0.113. The number of hydrogen-bond acceptors (Lipinski definition) is 5. The molecule has 1 amide bonds. The van der Waals surface area contributed by atoms with Crippen LogP contribution in [0.1, 0.15) is 5.56 Å². The predicted octanol–water partition coefficient (Wildman–Crippen LogP) is 1.61. The molecule has 3 N–H and O–H groups in total. The Labute approximate surface area is 119 Å². The number of rotatable bonds is 5. The summed E-state index contributed by atoms with van der Waals surface area (Å²) in [5.41, 5.74) is 6.06. The van der Waals surface area contributed by atoms with Gasteiger partial charge in [-0.05, 0) is 6.07 Å². The first-order valence-electron chi connectivity index (χ1n) is 5.86. The fraction of sp³-hybridized carbons (Fsp3) is 0.154. The number of nitrogens with one attached hydrogen (secondary N) is 1. The van der Waals surface area contributed by atoms with E-state index in [1.54, 1.807) is 18.2 Å². The molecule has 20 heavy (non-hydrogen) atoms. The number of nitrogen functional groups attached to an aromatic ring is 1. The molecule has 1 aromatic carbocycles. The SMILES string of the molecule is Nc1nccnc1SCC(=O)NCc1ccccc1F. The smallest absolute Gasteiger partial charge is 0.230 e. The topological polar surface area (TPSA) is 80.9 Å². The van der Waals surface area contributed by atoms with Gasteiger partial charge in [-0.15, -0.1) is 0 Å². The van der Waals surface area contributed by atoms with Gasteiger partial charge in [0, 0.05) is 24.5 Å². The summed E-state index contributed by atoms with van der Waals surface area (Å²) < 4.78 is 13.4. The molecule has 2 aromatic rings. The third-order valence-electron chi connectivity index (χ3n) is 2.47. The van der Waals surface area contributed by atoms with Gasteiger partial charge in [0.25, 0.3) is 0 Å². The molecule has 104 valence electrons. The molecule has 0 radical (unpaired) electrons. The van der Waals surface area contributed by atoms with Gasteiger partial charge in [0.1, 0.15) is 10.8 Å². The molecule has 0 bridgehead atoms. The minimum absolute atomic E-state index is 0.150. The average molecular weight is 292 g/mol. The standard InChI is InChI=1S/C13H13FN4OS/c14-10-4-2-1-3-9(10)7-18-11(19)8-20-13-12(15)16-5-6-17-13/h1-6H,7-8H2,(H2,15,16)(H,18,19). The maximum Gasteiger partial charge on any atom is 0.230 e. The molecule has 1 aromatic heterocycles. The minimum Gasteiger partial charge on any atom is -0.381 e. The van der Waals surface area contributed by atoms with Crippen LogP contribution in [-0.4, -0.2) is 21.6 Å². The van der Waals surface area contributed by atoms with Gasteiger partial charge in [0.05, 0.1) is 5.75 Å². The van der Waals surface area contributed by atoms with E-state index in [1.807, 2.05) is 0 Å². The number of benzene rings is 1. The number of hydrogen-bond donors (Lipinski definition) is 2. The summed E-state index contributed by atoms with van der Waals surface area (Å²) in [6.45, 7) is 0.155. The Hall–Kier alpha value is -2.15. The van der Waals surface area contributed by atoms with E-state index in [9.17, 15) is 9.18 Å². The number of nitrogens with two attached hydrogens (primary N) is 1. The third-order valence-corrected chi connectivity index (χ3v) is 3.46. The first kappa shape index (κ1) is 14.3. The Kier molecular flexibility index (Phi) is 4.89. The Bertz CT molecular complexity index is 557. The van der Waals surface area contributed by atoms with Gasteiger partial charge in [-0.1, -0.05) is 30.0 Å². The lowest BCUT2D eigenvalue weighted by atomic mass is 10.2. The van der Waals surface area contributed by atoms with E-state index in [4.69, 9.17) is 5.73 Å². The largest absolute Gasteiger partial charge is 0.381 e. The maximum atomic E-state index is 13.4. The summed E-state index contributed by atoms with van der Waals surface area (Å²) in [6, 6.07) is 6.31. The van der Waals surface area contributed by atoms with Gasteiger partial charge >= 0.3 is 0 Å². The predicted molar refractivity (Wildman–Crippen MR) is 75.4 cm³/mol. The van der Waals surface area contributed by atoms with E-state index in [0.29, 0.717) is 16.4 Å². The maximum absolute atomic E-state index is 13.4. The lowest BCUT2D eigenvalue weighted by Gasteiger charge is -2.06. The highest BCUT2D eigenvalue weighted by atomic mass is 32.2. The summed E-state index contributed by atoms with van der Waals surface area (Å²) in [7, 11) is 0. The highest BCUT2D eigenvalue weighted by molar-refractivity contribution is 8.00. The van der Waals surface area contributed by atoms with Crippen molar-refractivity contribution < 1.29 is 9.18 Å². The zero-order chi connectivity index (χ0) is 14.4. The summed E-state index contributed by atoms with van der Waals surface area (Å²) >= 11 is 1.19. The van der Waals surface area contributed by atoms with E-state index in [0.717, 1.165) is 0 Å². The van der Waals surface area contributed by atoms with Crippen molar-refractivity contribution in [1.82, 2.24) is 15.3 Å². The molecular formula is C13H13FN4OS. The van der Waals surface area contributed by atoms with Crippen molar-refractivity contribution in [3.05, 3.63) is 48.0 Å². The minimum atomic E-state index is -0.335. The van der Waals surface area contributed by atoms with Crippen LogP contribution in [0.3, 0.4) is 0 Å². The number of thioether (sulfide) groups is 1. The van der Waals surface area contributed by atoms with Crippen molar-refractivity contribution in [3.8, 4) is 0 Å². The summed E-state index contributed by atoms with van der Waals surface area (Å²) in [6.07, 6.45) is 2.99. The van der Waals surface area contributed by atoms with Crippen molar-refractivity contribution >= 4 is 23.5 Å². The van der Waals surface area contributed by atoms with Crippen LogP contribution >= 0.6 is 11.8 Å². The van der Waals surface area contributed by atoms with Crippen molar-refractivity contribution in [2.24, 2.45) is 0 Å².